The molecule has 0 spiro atoms. The van der Waals surface area contributed by atoms with E-state index in [1.54, 1.807) is 13.1 Å². The van der Waals surface area contributed by atoms with Crippen LogP contribution in [-0.4, -0.2) is 19.8 Å². The Morgan fingerprint density at radius 3 is 2.85 bits per heavy atom. The van der Waals surface area contributed by atoms with Gasteiger partial charge in [-0.2, -0.15) is 0 Å². The first-order valence-corrected chi connectivity index (χ1v) is 6.44. The Labute approximate surface area is 116 Å². The summed E-state index contributed by atoms with van der Waals surface area (Å²) < 4.78 is 7.21. The molecule has 2 heterocycles. The molecular weight excluding hydrogens is 254 g/mol. The third kappa shape index (κ3) is 2.48. The fourth-order valence-electron chi connectivity index (χ4n) is 2.12. The summed E-state index contributed by atoms with van der Waals surface area (Å²) in [7, 11) is 0. The van der Waals surface area contributed by atoms with Crippen LogP contribution in [0.3, 0.4) is 0 Å². The number of benzene rings is 1. The number of aliphatic hydroxyl groups is 1. The maximum Gasteiger partial charge on any atom is 0.167 e. The molecule has 0 bridgehead atoms. The lowest BCUT2D eigenvalue weighted by Crippen LogP contribution is -2.07. The molecule has 0 saturated carbocycles. The van der Waals surface area contributed by atoms with Crippen molar-refractivity contribution in [3.8, 4) is 11.3 Å². The van der Waals surface area contributed by atoms with Gasteiger partial charge < -0.3 is 14.2 Å². The fraction of sp³-hybridized carbons (Fsp3) is 0.200. The summed E-state index contributed by atoms with van der Waals surface area (Å²) in [6.45, 7) is 2.22. The molecule has 20 heavy (non-hydrogen) atoms. The van der Waals surface area contributed by atoms with Gasteiger partial charge in [-0.05, 0) is 6.92 Å². The molecule has 0 saturated heterocycles. The molecule has 1 N–H and O–H groups in total. The highest BCUT2D eigenvalue weighted by atomic mass is 16.5. The van der Waals surface area contributed by atoms with E-state index in [4.69, 9.17) is 4.52 Å². The Morgan fingerprint density at radius 1 is 1.30 bits per heavy atom. The minimum Gasteiger partial charge on any atom is -0.385 e. The van der Waals surface area contributed by atoms with Gasteiger partial charge in [0.15, 0.2) is 5.76 Å². The molecule has 0 fully saturated rings. The molecule has 1 aromatic carbocycles. The van der Waals surface area contributed by atoms with Gasteiger partial charge in [0.25, 0.3) is 0 Å². The van der Waals surface area contributed by atoms with E-state index in [1.165, 1.54) is 0 Å². The van der Waals surface area contributed by atoms with Crippen LogP contribution in [0.25, 0.3) is 11.3 Å². The van der Waals surface area contributed by atoms with Crippen LogP contribution >= 0.6 is 0 Å². The van der Waals surface area contributed by atoms with E-state index < -0.39 is 6.10 Å². The highest BCUT2D eigenvalue weighted by Gasteiger charge is 2.11. The lowest BCUT2D eigenvalue weighted by atomic mass is 10.1. The topological polar surface area (TPSA) is 64.1 Å². The fourth-order valence-corrected chi connectivity index (χ4v) is 2.12. The molecule has 3 aromatic rings. The summed E-state index contributed by atoms with van der Waals surface area (Å²) >= 11 is 0. The largest absolute Gasteiger partial charge is 0.385 e. The third-order valence-electron chi connectivity index (χ3n) is 3.07. The van der Waals surface area contributed by atoms with Gasteiger partial charge in [0.2, 0.25) is 0 Å². The van der Waals surface area contributed by atoms with Gasteiger partial charge in [0.1, 0.15) is 17.6 Å². The van der Waals surface area contributed by atoms with Crippen molar-refractivity contribution in [2.24, 2.45) is 0 Å². The van der Waals surface area contributed by atoms with Crippen LogP contribution in [0, 0.1) is 0 Å². The zero-order valence-electron chi connectivity index (χ0n) is 11.1. The lowest BCUT2D eigenvalue weighted by molar-refractivity contribution is 0.184. The van der Waals surface area contributed by atoms with Crippen LogP contribution in [0.15, 0.2) is 53.3 Å². The predicted molar refractivity (Wildman–Crippen MR) is 73.9 cm³/mol. The van der Waals surface area contributed by atoms with Crippen LogP contribution in [0.2, 0.25) is 0 Å². The van der Waals surface area contributed by atoms with E-state index in [0.717, 1.165) is 17.0 Å². The zero-order chi connectivity index (χ0) is 13.9. The molecule has 0 amide bonds. The molecular formula is C15H15N3O2. The maximum absolute atomic E-state index is 9.63. The van der Waals surface area contributed by atoms with Gasteiger partial charge in [0.05, 0.1) is 6.54 Å². The average molecular weight is 269 g/mol. The number of aliphatic hydroxyl groups excluding tert-OH is 1. The van der Waals surface area contributed by atoms with E-state index in [0.29, 0.717) is 12.4 Å². The van der Waals surface area contributed by atoms with Crippen LogP contribution in [0.5, 0.6) is 0 Å². The molecule has 2 aromatic heterocycles. The Bertz CT molecular complexity index is 686. The summed E-state index contributed by atoms with van der Waals surface area (Å²) in [4.78, 5) is 4.13. The van der Waals surface area contributed by atoms with Crippen molar-refractivity contribution >= 4 is 0 Å². The lowest BCUT2D eigenvalue weighted by Gasteiger charge is -2.07. The maximum atomic E-state index is 9.63. The summed E-state index contributed by atoms with van der Waals surface area (Å²) in [5.41, 5.74) is 1.79. The molecule has 1 unspecified atom stereocenters. The molecule has 1 atom stereocenters. The first kappa shape index (κ1) is 12.6. The Hall–Kier alpha value is -2.40. The highest BCUT2D eigenvalue weighted by molar-refractivity contribution is 5.56. The number of aromatic nitrogens is 3. The van der Waals surface area contributed by atoms with Crippen molar-refractivity contribution in [1.29, 1.82) is 0 Å². The normalized spacial score (nSPS) is 12.5. The van der Waals surface area contributed by atoms with Crippen molar-refractivity contribution in [3.63, 3.8) is 0 Å². The molecule has 5 heteroatoms. The van der Waals surface area contributed by atoms with Crippen molar-refractivity contribution in [1.82, 2.24) is 14.7 Å². The van der Waals surface area contributed by atoms with E-state index in [-0.39, 0.29) is 0 Å². The second-order valence-corrected chi connectivity index (χ2v) is 4.64. The van der Waals surface area contributed by atoms with Crippen molar-refractivity contribution < 1.29 is 9.63 Å². The monoisotopic (exact) mass is 269 g/mol. The third-order valence-corrected chi connectivity index (χ3v) is 3.07. The first-order chi connectivity index (χ1) is 9.74. The molecule has 5 nitrogen and oxygen atoms in total. The van der Waals surface area contributed by atoms with E-state index in [1.807, 2.05) is 47.2 Å². The minimum atomic E-state index is -0.606. The molecule has 3 rings (SSSR count). The highest BCUT2D eigenvalue weighted by Crippen LogP contribution is 2.20. The van der Waals surface area contributed by atoms with Gasteiger partial charge in [0, 0.05) is 24.0 Å². The van der Waals surface area contributed by atoms with Crippen LogP contribution < -0.4 is 0 Å². The van der Waals surface area contributed by atoms with Crippen LogP contribution in [0.1, 0.15) is 24.5 Å². The summed E-state index contributed by atoms with van der Waals surface area (Å²) in [6, 6.07) is 11.7. The van der Waals surface area contributed by atoms with Gasteiger partial charge >= 0.3 is 0 Å². The first-order valence-electron chi connectivity index (χ1n) is 6.44. The average Bonchev–Trinajstić information content (AvgIpc) is 3.09. The summed E-state index contributed by atoms with van der Waals surface area (Å²) in [6.07, 6.45) is 2.88. The summed E-state index contributed by atoms with van der Waals surface area (Å²) in [5.74, 6) is 1.36. The second-order valence-electron chi connectivity index (χ2n) is 4.64. The van der Waals surface area contributed by atoms with E-state index in [9.17, 15) is 5.11 Å². The molecule has 0 aliphatic carbocycles. The number of imidazole rings is 1. The van der Waals surface area contributed by atoms with E-state index in [2.05, 4.69) is 10.1 Å². The predicted octanol–water partition coefficient (Wildman–Crippen LogP) is 2.64. The number of hydrogen-bond acceptors (Lipinski definition) is 4. The molecule has 102 valence electrons. The van der Waals surface area contributed by atoms with Gasteiger partial charge in [-0.1, -0.05) is 35.5 Å². The van der Waals surface area contributed by atoms with Gasteiger partial charge in [-0.15, -0.1) is 0 Å². The van der Waals surface area contributed by atoms with Crippen molar-refractivity contribution in [3.05, 3.63) is 60.3 Å². The zero-order valence-corrected chi connectivity index (χ0v) is 11.1. The van der Waals surface area contributed by atoms with Crippen molar-refractivity contribution in [2.45, 2.75) is 19.6 Å². The smallest absolute Gasteiger partial charge is 0.167 e. The number of nitrogens with zero attached hydrogens (tertiary/aromatic N) is 3. The van der Waals surface area contributed by atoms with Crippen LogP contribution in [0.4, 0.5) is 0 Å². The Kier molecular flexibility index (Phi) is 3.35. The van der Waals surface area contributed by atoms with Crippen LogP contribution in [-0.2, 0) is 6.54 Å². The summed E-state index contributed by atoms with van der Waals surface area (Å²) in [5, 5.41) is 13.7. The number of hydrogen-bond donors (Lipinski definition) is 1. The Balaban J connectivity index is 1.83. The van der Waals surface area contributed by atoms with Gasteiger partial charge in [-0.3, -0.25) is 0 Å². The SMILES string of the molecule is CC(O)c1nccn1Cc1cc(-c2ccccc2)on1. The molecule has 0 aliphatic rings. The Morgan fingerprint density at radius 2 is 2.10 bits per heavy atom. The van der Waals surface area contributed by atoms with Gasteiger partial charge in [-0.25, -0.2) is 4.98 Å². The van der Waals surface area contributed by atoms with Crippen molar-refractivity contribution in [2.75, 3.05) is 0 Å². The number of rotatable bonds is 4. The second kappa shape index (κ2) is 5.30. The standard InChI is InChI=1S/C15H15N3O2/c1-11(19)15-16-7-8-18(15)10-13-9-14(20-17-13)12-5-3-2-4-6-12/h2-9,11,19H,10H2,1H3. The molecule has 0 radical (unpaired) electrons. The minimum absolute atomic E-state index is 0.524. The molecule has 0 aliphatic heterocycles. The quantitative estimate of drug-likeness (QED) is 0.790. The van der Waals surface area contributed by atoms with E-state index >= 15 is 0 Å².